The van der Waals surface area contributed by atoms with Gasteiger partial charge in [-0.25, -0.2) is 0 Å². The molecule has 3 heteroatoms. The van der Waals surface area contributed by atoms with Crippen molar-refractivity contribution in [3.05, 3.63) is 17.0 Å². The monoisotopic (exact) mass is 179 g/mol. The maximum atomic E-state index is 5.95. The van der Waals surface area contributed by atoms with E-state index < -0.39 is 0 Å². The van der Waals surface area contributed by atoms with Crippen LogP contribution in [0.2, 0.25) is 0 Å². The predicted octanol–water partition coefficient (Wildman–Crippen LogP) is 1.49. The third-order valence-corrected chi connectivity index (χ3v) is 2.83. The molecule has 2 N–H and O–H groups in total. The number of nitrogens with two attached hydrogens (primary N) is 1. The van der Waals surface area contributed by atoms with E-state index in [0.717, 1.165) is 18.5 Å². The highest BCUT2D eigenvalue weighted by molar-refractivity contribution is 5.34. The van der Waals surface area contributed by atoms with Crippen LogP contribution < -0.4 is 5.73 Å². The molecule has 0 radical (unpaired) electrons. The summed E-state index contributed by atoms with van der Waals surface area (Å²) >= 11 is 0. The number of aromatic nitrogens is 2. The molecule has 0 fully saturated rings. The van der Waals surface area contributed by atoms with E-state index >= 15 is 0 Å². The first kappa shape index (κ1) is 8.75. The molecule has 1 aromatic rings. The second kappa shape index (κ2) is 2.84. The molecular weight excluding hydrogens is 162 g/mol. The van der Waals surface area contributed by atoms with E-state index in [2.05, 4.69) is 18.9 Å². The third kappa shape index (κ3) is 1.18. The molecule has 0 spiro atoms. The van der Waals surface area contributed by atoms with E-state index in [1.807, 2.05) is 11.7 Å². The van der Waals surface area contributed by atoms with Crippen molar-refractivity contribution in [2.45, 2.75) is 38.6 Å². The lowest BCUT2D eigenvalue weighted by molar-refractivity contribution is 0.612. The maximum absolute atomic E-state index is 5.95. The molecule has 1 aliphatic rings. The molecule has 1 atom stereocenters. The van der Waals surface area contributed by atoms with Crippen LogP contribution in [0.15, 0.2) is 0 Å². The highest BCUT2D eigenvalue weighted by Gasteiger charge is 2.27. The van der Waals surface area contributed by atoms with Gasteiger partial charge in [-0.1, -0.05) is 13.8 Å². The molecule has 1 aromatic heterocycles. The summed E-state index contributed by atoms with van der Waals surface area (Å²) in [7, 11) is 2.01. The number of rotatable bonds is 1. The molecule has 2 rings (SSSR count). The van der Waals surface area contributed by atoms with Crippen LogP contribution in [0.4, 0.5) is 0 Å². The molecule has 0 amide bonds. The Morgan fingerprint density at radius 2 is 2.23 bits per heavy atom. The van der Waals surface area contributed by atoms with E-state index in [9.17, 15) is 0 Å². The molecule has 1 unspecified atom stereocenters. The minimum Gasteiger partial charge on any atom is -0.323 e. The van der Waals surface area contributed by atoms with Crippen LogP contribution >= 0.6 is 0 Å². The standard InChI is InChI=1S/C10H17N3/c1-6(2)10-7-4-5-8(11)9(7)12-13(10)3/h6,8H,4-5,11H2,1-3H3. The summed E-state index contributed by atoms with van der Waals surface area (Å²) in [5.74, 6) is 0.548. The fourth-order valence-corrected chi connectivity index (χ4v) is 2.32. The summed E-state index contributed by atoms with van der Waals surface area (Å²) in [6.07, 6.45) is 2.18. The summed E-state index contributed by atoms with van der Waals surface area (Å²) in [6, 6.07) is 0.175. The quantitative estimate of drug-likeness (QED) is 0.709. The lowest BCUT2D eigenvalue weighted by Gasteiger charge is -2.07. The van der Waals surface area contributed by atoms with Gasteiger partial charge < -0.3 is 5.73 Å². The van der Waals surface area contributed by atoms with Crippen molar-refractivity contribution in [3.63, 3.8) is 0 Å². The molecule has 0 aliphatic heterocycles. The van der Waals surface area contributed by atoms with E-state index in [-0.39, 0.29) is 6.04 Å². The Morgan fingerprint density at radius 1 is 1.54 bits per heavy atom. The molecule has 1 aliphatic carbocycles. The SMILES string of the molecule is CC(C)c1c2c(nn1C)C(N)CC2. The Kier molecular flexibility index (Phi) is 1.91. The third-order valence-electron chi connectivity index (χ3n) is 2.83. The zero-order valence-corrected chi connectivity index (χ0v) is 8.54. The lowest BCUT2D eigenvalue weighted by atomic mass is 10.0. The van der Waals surface area contributed by atoms with Crippen LogP contribution in [0.25, 0.3) is 0 Å². The van der Waals surface area contributed by atoms with Crippen molar-refractivity contribution in [3.8, 4) is 0 Å². The Bertz CT molecular complexity index is 325. The first-order valence-corrected chi connectivity index (χ1v) is 4.92. The first-order chi connectivity index (χ1) is 6.11. The second-order valence-electron chi connectivity index (χ2n) is 4.17. The summed E-state index contributed by atoms with van der Waals surface area (Å²) < 4.78 is 1.99. The van der Waals surface area contributed by atoms with E-state index in [1.54, 1.807) is 0 Å². The minimum absolute atomic E-state index is 0.175. The molecule has 0 bridgehead atoms. The summed E-state index contributed by atoms with van der Waals surface area (Å²) in [6.45, 7) is 4.42. The number of nitrogens with zero attached hydrogens (tertiary/aromatic N) is 2. The molecule has 0 aromatic carbocycles. The predicted molar refractivity (Wildman–Crippen MR) is 52.5 cm³/mol. The molecule has 72 valence electrons. The van der Waals surface area contributed by atoms with Gasteiger partial charge in [-0.2, -0.15) is 5.10 Å². The highest BCUT2D eigenvalue weighted by atomic mass is 15.3. The highest BCUT2D eigenvalue weighted by Crippen LogP contribution is 2.33. The van der Waals surface area contributed by atoms with Crippen molar-refractivity contribution in [1.82, 2.24) is 9.78 Å². The van der Waals surface area contributed by atoms with Crippen LogP contribution in [0.5, 0.6) is 0 Å². The maximum Gasteiger partial charge on any atom is 0.0826 e. The van der Waals surface area contributed by atoms with Gasteiger partial charge in [0.1, 0.15) is 0 Å². The van der Waals surface area contributed by atoms with Crippen LogP contribution in [-0.2, 0) is 13.5 Å². The van der Waals surface area contributed by atoms with Crippen molar-refractivity contribution in [2.75, 3.05) is 0 Å². The average Bonchev–Trinajstić information content (AvgIpc) is 2.51. The molecule has 0 saturated heterocycles. The fraction of sp³-hybridized carbons (Fsp3) is 0.700. The number of fused-ring (bicyclic) bond motifs is 1. The number of hydrogen-bond acceptors (Lipinski definition) is 2. The van der Waals surface area contributed by atoms with E-state index in [0.29, 0.717) is 5.92 Å². The zero-order chi connectivity index (χ0) is 9.59. The Morgan fingerprint density at radius 3 is 2.85 bits per heavy atom. The lowest BCUT2D eigenvalue weighted by Crippen LogP contribution is -2.08. The van der Waals surface area contributed by atoms with Crippen LogP contribution in [0, 0.1) is 0 Å². The van der Waals surface area contributed by atoms with Crippen LogP contribution in [0.3, 0.4) is 0 Å². The minimum atomic E-state index is 0.175. The molecule has 13 heavy (non-hydrogen) atoms. The molecular formula is C10H17N3. The van der Waals surface area contributed by atoms with Crippen LogP contribution in [-0.4, -0.2) is 9.78 Å². The van der Waals surface area contributed by atoms with Crippen molar-refractivity contribution in [1.29, 1.82) is 0 Å². The van der Waals surface area contributed by atoms with Gasteiger partial charge in [0.05, 0.1) is 5.69 Å². The first-order valence-electron chi connectivity index (χ1n) is 4.92. The van der Waals surface area contributed by atoms with Gasteiger partial charge in [0, 0.05) is 18.8 Å². The average molecular weight is 179 g/mol. The Balaban J connectivity index is 2.52. The second-order valence-corrected chi connectivity index (χ2v) is 4.17. The van der Waals surface area contributed by atoms with Crippen molar-refractivity contribution < 1.29 is 0 Å². The van der Waals surface area contributed by atoms with Gasteiger partial charge >= 0.3 is 0 Å². The smallest absolute Gasteiger partial charge is 0.0826 e. The Hall–Kier alpha value is -0.830. The molecule has 1 heterocycles. The van der Waals surface area contributed by atoms with E-state index in [4.69, 9.17) is 5.73 Å². The largest absolute Gasteiger partial charge is 0.323 e. The van der Waals surface area contributed by atoms with E-state index in [1.165, 1.54) is 11.3 Å². The zero-order valence-electron chi connectivity index (χ0n) is 8.54. The van der Waals surface area contributed by atoms with Crippen molar-refractivity contribution in [2.24, 2.45) is 12.8 Å². The van der Waals surface area contributed by atoms with Gasteiger partial charge in [-0.15, -0.1) is 0 Å². The van der Waals surface area contributed by atoms with Gasteiger partial charge in [-0.3, -0.25) is 4.68 Å². The number of aryl methyl sites for hydroxylation is 1. The van der Waals surface area contributed by atoms with Gasteiger partial charge in [-0.05, 0) is 24.3 Å². The van der Waals surface area contributed by atoms with Crippen LogP contribution in [0.1, 0.15) is 49.2 Å². The van der Waals surface area contributed by atoms with Gasteiger partial charge in [0.2, 0.25) is 0 Å². The van der Waals surface area contributed by atoms with Gasteiger partial charge in [0.25, 0.3) is 0 Å². The molecule has 0 saturated carbocycles. The fourth-order valence-electron chi connectivity index (χ4n) is 2.32. The summed E-state index contributed by atoms with van der Waals surface area (Å²) in [4.78, 5) is 0. The van der Waals surface area contributed by atoms with Crippen molar-refractivity contribution >= 4 is 0 Å². The van der Waals surface area contributed by atoms with Gasteiger partial charge in [0.15, 0.2) is 0 Å². The normalized spacial score (nSPS) is 21.2. The summed E-state index contributed by atoms with van der Waals surface area (Å²) in [5, 5.41) is 4.49. The topological polar surface area (TPSA) is 43.8 Å². The number of hydrogen-bond donors (Lipinski definition) is 1. The Labute approximate surface area is 78.9 Å². The summed E-state index contributed by atoms with van der Waals surface area (Å²) in [5.41, 5.74) is 9.85. The molecule has 3 nitrogen and oxygen atoms in total.